The molecular formula is C7H20Cl2N2. The van der Waals surface area contributed by atoms with Gasteiger partial charge in [-0.2, -0.15) is 0 Å². The van der Waals surface area contributed by atoms with Crippen molar-refractivity contribution in [3.63, 3.8) is 0 Å². The molecule has 0 atom stereocenters. The van der Waals surface area contributed by atoms with Crippen LogP contribution in [0.5, 0.6) is 0 Å². The van der Waals surface area contributed by atoms with Gasteiger partial charge < -0.3 is 11.1 Å². The van der Waals surface area contributed by atoms with E-state index in [0.717, 1.165) is 19.5 Å². The minimum atomic E-state index is 0. The number of nitrogens with two attached hydrogens (primary N) is 1. The highest BCUT2D eigenvalue weighted by atomic mass is 35.5. The van der Waals surface area contributed by atoms with E-state index < -0.39 is 0 Å². The van der Waals surface area contributed by atoms with E-state index in [1.54, 1.807) is 0 Å². The molecule has 3 N–H and O–H groups in total. The van der Waals surface area contributed by atoms with Crippen LogP contribution in [0.25, 0.3) is 0 Å². The third kappa shape index (κ3) is 18.0. The molecule has 0 aromatic carbocycles. The molecule has 0 radical (unpaired) electrons. The second-order valence-electron chi connectivity index (χ2n) is 3.32. The minimum Gasteiger partial charge on any atom is -0.330 e. The van der Waals surface area contributed by atoms with E-state index in [4.69, 9.17) is 5.73 Å². The average Bonchev–Trinajstić information content (AvgIpc) is 1.63. The van der Waals surface area contributed by atoms with Gasteiger partial charge in [0.2, 0.25) is 0 Å². The molecule has 0 amide bonds. The first-order chi connectivity index (χ1) is 4.06. The summed E-state index contributed by atoms with van der Waals surface area (Å²) in [7, 11) is 0. The second kappa shape index (κ2) is 8.60. The van der Waals surface area contributed by atoms with Gasteiger partial charge in [-0.25, -0.2) is 0 Å². The Morgan fingerprint density at radius 2 is 1.64 bits per heavy atom. The van der Waals surface area contributed by atoms with E-state index >= 15 is 0 Å². The number of hydrogen-bond donors (Lipinski definition) is 2. The molecule has 72 valence electrons. The largest absolute Gasteiger partial charge is 0.330 e. The fourth-order valence-electron chi connectivity index (χ4n) is 0.565. The van der Waals surface area contributed by atoms with Gasteiger partial charge in [-0.1, -0.05) is 0 Å². The quantitative estimate of drug-likeness (QED) is 0.683. The topological polar surface area (TPSA) is 38.0 Å². The third-order valence-corrected chi connectivity index (χ3v) is 1.04. The Morgan fingerprint density at radius 1 is 1.18 bits per heavy atom. The zero-order chi connectivity index (χ0) is 7.33. The highest BCUT2D eigenvalue weighted by molar-refractivity contribution is 5.85. The molecule has 0 spiro atoms. The summed E-state index contributed by atoms with van der Waals surface area (Å²) in [5.74, 6) is 0. The lowest BCUT2D eigenvalue weighted by molar-refractivity contribution is 0.424. The maximum absolute atomic E-state index is 5.32. The van der Waals surface area contributed by atoms with Crippen molar-refractivity contribution in [1.82, 2.24) is 5.32 Å². The van der Waals surface area contributed by atoms with Gasteiger partial charge in [0.1, 0.15) is 0 Å². The lowest BCUT2D eigenvalue weighted by Gasteiger charge is -2.19. The first kappa shape index (κ1) is 17.5. The Morgan fingerprint density at radius 3 is 1.91 bits per heavy atom. The predicted molar refractivity (Wildman–Crippen MR) is 55.9 cm³/mol. The molecule has 0 heterocycles. The molecule has 0 saturated heterocycles. The Balaban J connectivity index is -0.000000320. The summed E-state index contributed by atoms with van der Waals surface area (Å²) in [4.78, 5) is 0. The van der Waals surface area contributed by atoms with E-state index in [0.29, 0.717) is 0 Å². The Labute approximate surface area is 82.1 Å². The molecule has 11 heavy (non-hydrogen) atoms. The van der Waals surface area contributed by atoms with Crippen molar-refractivity contribution in [1.29, 1.82) is 0 Å². The van der Waals surface area contributed by atoms with Crippen LogP contribution in [-0.4, -0.2) is 18.6 Å². The van der Waals surface area contributed by atoms with Crippen LogP contribution in [0.4, 0.5) is 0 Å². The van der Waals surface area contributed by atoms with Crippen molar-refractivity contribution >= 4 is 24.8 Å². The van der Waals surface area contributed by atoms with Crippen molar-refractivity contribution in [3.8, 4) is 0 Å². The first-order valence-electron chi connectivity index (χ1n) is 3.51. The van der Waals surface area contributed by atoms with E-state index in [1.165, 1.54) is 0 Å². The number of hydrogen-bond acceptors (Lipinski definition) is 2. The summed E-state index contributed by atoms with van der Waals surface area (Å²) in [5.41, 5.74) is 5.56. The van der Waals surface area contributed by atoms with Gasteiger partial charge in [0, 0.05) is 5.54 Å². The molecule has 0 aromatic heterocycles. The van der Waals surface area contributed by atoms with Crippen LogP contribution in [0.1, 0.15) is 27.2 Å². The third-order valence-electron chi connectivity index (χ3n) is 1.04. The number of rotatable bonds is 3. The molecule has 0 unspecified atom stereocenters. The normalized spacial score (nSPS) is 9.82. The zero-order valence-electron chi connectivity index (χ0n) is 7.52. The van der Waals surface area contributed by atoms with Crippen LogP contribution in [-0.2, 0) is 0 Å². The summed E-state index contributed by atoms with van der Waals surface area (Å²) in [6.07, 6.45) is 1.07. The second-order valence-corrected chi connectivity index (χ2v) is 3.32. The van der Waals surface area contributed by atoms with E-state index in [2.05, 4.69) is 26.1 Å². The van der Waals surface area contributed by atoms with Crippen molar-refractivity contribution in [2.75, 3.05) is 13.1 Å². The smallest absolute Gasteiger partial charge is 0.00965 e. The average molecular weight is 203 g/mol. The summed E-state index contributed by atoms with van der Waals surface area (Å²) in [6, 6.07) is 0. The van der Waals surface area contributed by atoms with E-state index in [-0.39, 0.29) is 30.4 Å². The predicted octanol–water partition coefficient (Wildman–Crippen LogP) is 1.57. The standard InChI is InChI=1S/C7H18N2.2ClH/c1-7(2,3)9-6-4-5-8;;/h9H,4-6,8H2,1-3H3;2*1H. The van der Waals surface area contributed by atoms with Gasteiger partial charge in [0.25, 0.3) is 0 Å². The first-order valence-corrected chi connectivity index (χ1v) is 3.51. The summed E-state index contributed by atoms with van der Waals surface area (Å²) in [6.45, 7) is 8.28. The van der Waals surface area contributed by atoms with Gasteiger partial charge in [-0.05, 0) is 40.3 Å². The molecule has 2 nitrogen and oxygen atoms in total. The monoisotopic (exact) mass is 202 g/mol. The van der Waals surface area contributed by atoms with E-state index in [1.807, 2.05) is 0 Å². The van der Waals surface area contributed by atoms with Crippen LogP contribution in [0, 0.1) is 0 Å². The molecule has 0 rings (SSSR count). The summed E-state index contributed by atoms with van der Waals surface area (Å²) >= 11 is 0. The molecule has 0 aliphatic heterocycles. The maximum atomic E-state index is 5.32. The van der Waals surface area contributed by atoms with Gasteiger partial charge in [0.05, 0.1) is 0 Å². The molecule has 0 fully saturated rings. The number of nitrogens with one attached hydrogen (secondary N) is 1. The maximum Gasteiger partial charge on any atom is 0.00965 e. The van der Waals surface area contributed by atoms with Crippen LogP contribution in [0.3, 0.4) is 0 Å². The Hall–Kier alpha value is 0.500. The summed E-state index contributed by atoms with van der Waals surface area (Å²) in [5, 5.41) is 3.34. The fourth-order valence-corrected chi connectivity index (χ4v) is 0.565. The van der Waals surface area contributed by atoms with Gasteiger partial charge in [-0.15, -0.1) is 24.8 Å². The molecule has 0 aliphatic carbocycles. The highest BCUT2D eigenvalue weighted by Crippen LogP contribution is 1.96. The molecule has 0 aliphatic rings. The van der Waals surface area contributed by atoms with Gasteiger partial charge >= 0.3 is 0 Å². The van der Waals surface area contributed by atoms with Crippen molar-refractivity contribution in [2.45, 2.75) is 32.7 Å². The lowest BCUT2D eigenvalue weighted by Crippen LogP contribution is -2.36. The lowest BCUT2D eigenvalue weighted by atomic mass is 10.1. The Kier molecular flexibility index (Phi) is 13.7. The molecule has 4 heteroatoms. The molecule has 0 aromatic rings. The SMILES string of the molecule is CC(C)(C)NCCCN.Cl.Cl. The fraction of sp³-hybridized carbons (Fsp3) is 1.00. The highest BCUT2D eigenvalue weighted by Gasteiger charge is 2.05. The van der Waals surface area contributed by atoms with Crippen molar-refractivity contribution in [2.24, 2.45) is 5.73 Å². The number of halogens is 2. The minimum absolute atomic E-state index is 0. The van der Waals surface area contributed by atoms with Crippen molar-refractivity contribution < 1.29 is 0 Å². The van der Waals surface area contributed by atoms with Crippen LogP contribution >= 0.6 is 24.8 Å². The molecule has 0 bridgehead atoms. The van der Waals surface area contributed by atoms with Crippen LogP contribution in [0.15, 0.2) is 0 Å². The molecule has 0 saturated carbocycles. The van der Waals surface area contributed by atoms with Crippen LogP contribution < -0.4 is 11.1 Å². The van der Waals surface area contributed by atoms with Crippen LogP contribution in [0.2, 0.25) is 0 Å². The zero-order valence-corrected chi connectivity index (χ0v) is 9.15. The Bertz CT molecular complexity index is 71.3. The summed E-state index contributed by atoms with van der Waals surface area (Å²) < 4.78 is 0. The van der Waals surface area contributed by atoms with Crippen molar-refractivity contribution in [3.05, 3.63) is 0 Å². The molecular weight excluding hydrogens is 183 g/mol. The van der Waals surface area contributed by atoms with Gasteiger partial charge in [-0.3, -0.25) is 0 Å². The van der Waals surface area contributed by atoms with E-state index in [9.17, 15) is 0 Å². The van der Waals surface area contributed by atoms with Gasteiger partial charge in [0.15, 0.2) is 0 Å².